The Morgan fingerprint density at radius 2 is 1.69 bits per heavy atom. The van der Waals surface area contributed by atoms with Crippen molar-refractivity contribution in [3.63, 3.8) is 0 Å². The first-order valence-electron chi connectivity index (χ1n) is 8.75. The van der Waals surface area contributed by atoms with E-state index >= 15 is 0 Å². The quantitative estimate of drug-likeness (QED) is 0.381. The van der Waals surface area contributed by atoms with E-state index in [2.05, 4.69) is 9.97 Å². The van der Waals surface area contributed by atoms with Crippen LogP contribution in [0.15, 0.2) is 76.7 Å². The molecule has 0 atom stereocenters. The number of aromatic nitrogens is 4. The normalized spacial score (nSPS) is 10.9. The fourth-order valence-corrected chi connectivity index (χ4v) is 3.16. The van der Waals surface area contributed by atoms with Gasteiger partial charge in [0.1, 0.15) is 0 Å². The number of nitrogens with zero attached hydrogens (tertiary/aromatic N) is 5. The number of hydrogen-bond acceptors (Lipinski definition) is 6. The van der Waals surface area contributed by atoms with Crippen molar-refractivity contribution in [1.82, 2.24) is 19.1 Å². The first kappa shape index (κ1) is 18.2. The number of hydrogen-bond donors (Lipinski definition) is 0. The molecule has 0 N–H and O–H groups in total. The average molecular weight is 389 g/mol. The van der Waals surface area contributed by atoms with Crippen LogP contribution in [0.2, 0.25) is 0 Å². The minimum atomic E-state index is -0.522. The molecular weight excluding hydrogens is 374 g/mol. The Bertz CT molecular complexity index is 1330. The van der Waals surface area contributed by atoms with Crippen LogP contribution in [0.4, 0.5) is 5.69 Å². The Labute approximate surface area is 163 Å². The predicted octanol–water partition coefficient (Wildman–Crippen LogP) is 1.96. The molecule has 0 aliphatic carbocycles. The Balaban J connectivity index is 1.89. The van der Waals surface area contributed by atoms with Crippen molar-refractivity contribution < 1.29 is 4.92 Å². The van der Waals surface area contributed by atoms with E-state index in [1.54, 1.807) is 48.8 Å². The van der Waals surface area contributed by atoms with Crippen LogP contribution in [0.1, 0.15) is 11.1 Å². The van der Waals surface area contributed by atoms with Gasteiger partial charge in [-0.2, -0.15) is 0 Å². The summed E-state index contributed by atoms with van der Waals surface area (Å²) >= 11 is 0. The summed E-state index contributed by atoms with van der Waals surface area (Å²) in [5.74, 6) is 0. The molecule has 0 radical (unpaired) electrons. The molecule has 0 spiro atoms. The van der Waals surface area contributed by atoms with Gasteiger partial charge in [-0.1, -0.05) is 18.2 Å². The van der Waals surface area contributed by atoms with E-state index in [1.807, 2.05) is 0 Å². The van der Waals surface area contributed by atoms with Gasteiger partial charge in [-0.3, -0.25) is 29.0 Å². The monoisotopic (exact) mass is 389 g/mol. The molecule has 29 heavy (non-hydrogen) atoms. The molecular formula is C20H15N5O4. The molecule has 0 aliphatic rings. The first-order valence-corrected chi connectivity index (χ1v) is 8.75. The van der Waals surface area contributed by atoms with Crippen LogP contribution in [0.25, 0.3) is 11.0 Å². The zero-order valence-corrected chi connectivity index (χ0v) is 15.1. The topological polar surface area (TPSA) is 113 Å². The highest BCUT2D eigenvalue weighted by molar-refractivity contribution is 5.73. The number of benzene rings is 1. The van der Waals surface area contributed by atoms with E-state index < -0.39 is 16.2 Å². The van der Waals surface area contributed by atoms with Crippen LogP contribution in [-0.4, -0.2) is 24.0 Å². The summed E-state index contributed by atoms with van der Waals surface area (Å²) in [5.41, 5.74) is 0.706. The van der Waals surface area contributed by atoms with Crippen LogP contribution in [-0.2, 0) is 13.1 Å². The van der Waals surface area contributed by atoms with E-state index in [9.17, 15) is 19.7 Å². The smallest absolute Gasteiger partial charge is 0.287 e. The Morgan fingerprint density at radius 3 is 2.45 bits per heavy atom. The third-order valence-electron chi connectivity index (χ3n) is 4.51. The lowest BCUT2D eigenvalue weighted by atomic mass is 10.2. The van der Waals surface area contributed by atoms with Crippen molar-refractivity contribution in [1.29, 1.82) is 0 Å². The van der Waals surface area contributed by atoms with Gasteiger partial charge in [-0.25, -0.2) is 9.78 Å². The van der Waals surface area contributed by atoms with Gasteiger partial charge in [0.05, 0.1) is 23.5 Å². The van der Waals surface area contributed by atoms with Crippen molar-refractivity contribution in [2.75, 3.05) is 0 Å². The highest BCUT2D eigenvalue weighted by Gasteiger charge is 2.15. The van der Waals surface area contributed by atoms with Crippen LogP contribution in [0, 0.1) is 10.1 Å². The first-order chi connectivity index (χ1) is 14.0. The third kappa shape index (κ3) is 3.53. The van der Waals surface area contributed by atoms with Crippen LogP contribution in [0.5, 0.6) is 0 Å². The van der Waals surface area contributed by atoms with E-state index in [0.717, 1.165) is 4.57 Å². The van der Waals surface area contributed by atoms with Crippen molar-refractivity contribution >= 4 is 16.7 Å². The maximum absolute atomic E-state index is 13.2. The lowest BCUT2D eigenvalue weighted by Crippen LogP contribution is -2.40. The number of rotatable bonds is 5. The minimum absolute atomic E-state index is 0.0486. The van der Waals surface area contributed by atoms with Crippen LogP contribution in [0.3, 0.4) is 0 Å². The van der Waals surface area contributed by atoms with Gasteiger partial charge >= 0.3 is 5.69 Å². The second kappa shape index (κ2) is 7.47. The second-order valence-corrected chi connectivity index (χ2v) is 6.42. The molecule has 9 nitrogen and oxygen atoms in total. The van der Waals surface area contributed by atoms with E-state index in [-0.39, 0.29) is 24.3 Å². The van der Waals surface area contributed by atoms with Crippen LogP contribution < -0.4 is 11.2 Å². The third-order valence-corrected chi connectivity index (χ3v) is 4.51. The minimum Gasteiger partial charge on any atom is -0.287 e. The summed E-state index contributed by atoms with van der Waals surface area (Å²) in [7, 11) is 0. The molecule has 4 rings (SSSR count). The highest BCUT2D eigenvalue weighted by Crippen LogP contribution is 2.15. The summed E-state index contributed by atoms with van der Waals surface area (Å²) in [6.45, 7) is 0.114. The van der Waals surface area contributed by atoms with Gasteiger partial charge in [0, 0.05) is 30.7 Å². The zero-order chi connectivity index (χ0) is 20.4. The number of nitro benzene ring substituents is 1. The van der Waals surface area contributed by atoms with Crippen molar-refractivity contribution in [3.8, 4) is 0 Å². The fraction of sp³-hybridized carbons (Fsp3) is 0.100. The summed E-state index contributed by atoms with van der Waals surface area (Å²) < 4.78 is 2.50. The van der Waals surface area contributed by atoms with E-state index in [4.69, 9.17) is 0 Å². The summed E-state index contributed by atoms with van der Waals surface area (Å²) in [4.78, 5) is 44.8. The molecule has 0 unspecified atom stereocenters. The van der Waals surface area contributed by atoms with Gasteiger partial charge in [-0.05, 0) is 29.3 Å². The number of nitro groups is 1. The Morgan fingerprint density at radius 1 is 0.931 bits per heavy atom. The number of non-ortho nitro benzene ring substituents is 1. The number of fused-ring (bicyclic) bond motifs is 1. The number of pyridine rings is 2. The molecule has 144 valence electrons. The van der Waals surface area contributed by atoms with Crippen LogP contribution >= 0.6 is 0 Å². The molecule has 9 heteroatoms. The Kier molecular flexibility index (Phi) is 4.70. The van der Waals surface area contributed by atoms with E-state index in [1.165, 1.54) is 22.9 Å². The molecule has 3 heterocycles. The maximum atomic E-state index is 13.2. The molecule has 0 aliphatic heterocycles. The van der Waals surface area contributed by atoms with Gasteiger partial charge < -0.3 is 0 Å². The van der Waals surface area contributed by atoms with Crippen molar-refractivity contribution in [2.24, 2.45) is 0 Å². The predicted molar refractivity (Wildman–Crippen MR) is 106 cm³/mol. The fourth-order valence-electron chi connectivity index (χ4n) is 3.16. The molecule has 0 amide bonds. The second-order valence-electron chi connectivity index (χ2n) is 6.42. The molecule has 1 aromatic carbocycles. The average Bonchev–Trinajstić information content (AvgIpc) is 2.75. The molecule has 4 aromatic rings. The van der Waals surface area contributed by atoms with Crippen molar-refractivity contribution in [3.05, 3.63) is 109 Å². The summed E-state index contributed by atoms with van der Waals surface area (Å²) in [6, 6.07) is 12.8. The molecule has 0 bridgehead atoms. The van der Waals surface area contributed by atoms with Gasteiger partial charge in [0.15, 0.2) is 5.52 Å². The van der Waals surface area contributed by atoms with Gasteiger partial charge in [0.25, 0.3) is 11.2 Å². The molecule has 0 fully saturated rings. The lowest BCUT2D eigenvalue weighted by Gasteiger charge is -2.13. The van der Waals surface area contributed by atoms with Gasteiger partial charge in [-0.15, -0.1) is 0 Å². The largest absolute Gasteiger partial charge is 0.332 e. The maximum Gasteiger partial charge on any atom is 0.332 e. The van der Waals surface area contributed by atoms with E-state index in [0.29, 0.717) is 16.6 Å². The Hall–Kier alpha value is -4.14. The SMILES string of the molecule is O=c1c2ncccc2n(Cc2cccc([N+](=O)[O-])c2)c(=O)n1Cc1cccnc1. The highest BCUT2D eigenvalue weighted by atomic mass is 16.6. The zero-order valence-electron chi connectivity index (χ0n) is 15.1. The molecule has 0 saturated carbocycles. The standard InChI is InChI=1S/C20H15N5O4/c26-19-18-17(7-3-9-22-18)23(12-14-4-1-6-16(10-14)25(28)29)20(27)24(19)13-15-5-2-8-21-11-15/h1-11H,12-13H2. The summed E-state index contributed by atoms with van der Waals surface area (Å²) in [5, 5.41) is 11.1. The van der Waals surface area contributed by atoms with Gasteiger partial charge in [0.2, 0.25) is 0 Å². The lowest BCUT2D eigenvalue weighted by molar-refractivity contribution is -0.384. The molecule has 3 aromatic heterocycles. The van der Waals surface area contributed by atoms with Crippen molar-refractivity contribution in [2.45, 2.75) is 13.1 Å². The molecule has 0 saturated heterocycles. The summed E-state index contributed by atoms with van der Waals surface area (Å²) in [6.07, 6.45) is 4.68.